The lowest BCUT2D eigenvalue weighted by molar-refractivity contribution is 0.730. The quantitative estimate of drug-likeness (QED) is 0.302. The lowest BCUT2D eigenvalue weighted by Gasteiger charge is -2.10. The van der Waals surface area contributed by atoms with Crippen LogP contribution >= 0.6 is 46.9 Å². The Kier molecular flexibility index (Phi) is 7.87. The van der Waals surface area contributed by atoms with Crippen molar-refractivity contribution >= 4 is 63.1 Å². The molecule has 0 bridgehead atoms. The van der Waals surface area contributed by atoms with E-state index in [1.54, 1.807) is 11.3 Å². The van der Waals surface area contributed by atoms with Gasteiger partial charge in [-0.3, -0.25) is 4.68 Å². The number of guanidine groups is 1. The molecule has 0 aliphatic carbocycles. The normalized spacial score (nSPS) is 11.5. The molecule has 2 heterocycles. The molecule has 0 radical (unpaired) electrons. The number of aromatic nitrogens is 3. The van der Waals surface area contributed by atoms with E-state index in [0.717, 1.165) is 39.1 Å². The molecule has 27 heavy (non-hydrogen) atoms. The summed E-state index contributed by atoms with van der Waals surface area (Å²) in [5.74, 6) is 0.771. The van der Waals surface area contributed by atoms with E-state index in [1.165, 1.54) is 5.56 Å². The van der Waals surface area contributed by atoms with Gasteiger partial charge in [0.25, 0.3) is 0 Å². The van der Waals surface area contributed by atoms with Crippen LogP contribution in [0.2, 0.25) is 5.02 Å². The molecule has 146 valence electrons. The third-order valence-corrected chi connectivity index (χ3v) is 5.47. The Bertz CT molecular complexity index is 949. The number of fused-ring (bicyclic) bond motifs is 1. The summed E-state index contributed by atoms with van der Waals surface area (Å²) in [6, 6.07) is 5.79. The number of hydrogen-bond acceptors (Lipinski definition) is 4. The Hall–Kier alpha value is -1.39. The molecular weight excluding hydrogens is 495 g/mol. The van der Waals surface area contributed by atoms with Crippen LogP contribution in [-0.4, -0.2) is 27.3 Å². The van der Waals surface area contributed by atoms with Crippen LogP contribution in [0.3, 0.4) is 0 Å². The maximum atomic E-state index is 6.04. The van der Waals surface area contributed by atoms with Crippen molar-refractivity contribution in [3.05, 3.63) is 45.2 Å². The topological polar surface area (TPSA) is 67.1 Å². The molecule has 0 saturated heterocycles. The molecule has 6 nitrogen and oxygen atoms in total. The van der Waals surface area contributed by atoms with Gasteiger partial charge in [-0.1, -0.05) is 11.6 Å². The fraction of sp³-hybridized carbons (Fsp3) is 0.389. The third-order valence-electron chi connectivity index (χ3n) is 4.20. The van der Waals surface area contributed by atoms with Crippen LogP contribution in [0, 0.1) is 13.8 Å². The molecule has 0 spiro atoms. The Morgan fingerprint density at radius 1 is 1.30 bits per heavy atom. The summed E-state index contributed by atoms with van der Waals surface area (Å²) < 4.78 is 3.03. The lowest BCUT2D eigenvalue weighted by atomic mass is 10.2. The summed E-state index contributed by atoms with van der Waals surface area (Å²) in [7, 11) is 1.96. The SMILES string of the molecule is CCNC(=NCc1c(C)nn(C)c1C)NCc1nc2cc(Cl)ccc2s1.I. The average molecular weight is 519 g/mol. The van der Waals surface area contributed by atoms with Crippen molar-refractivity contribution in [3.63, 3.8) is 0 Å². The van der Waals surface area contributed by atoms with Gasteiger partial charge in [-0.15, -0.1) is 35.3 Å². The molecule has 2 aromatic heterocycles. The predicted octanol–water partition coefficient (Wildman–Crippen LogP) is 4.17. The first kappa shape index (κ1) is 21.9. The van der Waals surface area contributed by atoms with Crippen molar-refractivity contribution in [1.82, 2.24) is 25.4 Å². The van der Waals surface area contributed by atoms with Crippen molar-refractivity contribution in [2.24, 2.45) is 12.0 Å². The van der Waals surface area contributed by atoms with Crippen LogP contribution in [-0.2, 0) is 20.1 Å². The van der Waals surface area contributed by atoms with E-state index in [1.807, 2.05) is 36.9 Å². The smallest absolute Gasteiger partial charge is 0.191 e. The van der Waals surface area contributed by atoms with Crippen LogP contribution in [0.4, 0.5) is 0 Å². The number of thiazole rings is 1. The number of aryl methyl sites for hydroxylation is 2. The van der Waals surface area contributed by atoms with E-state index in [2.05, 4.69) is 34.6 Å². The van der Waals surface area contributed by atoms with Gasteiger partial charge in [-0.2, -0.15) is 5.10 Å². The maximum absolute atomic E-state index is 6.04. The second-order valence-electron chi connectivity index (χ2n) is 6.04. The van der Waals surface area contributed by atoms with E-state index >= 15 is 0 Å². The van der Waals surface area contributed by atoms with Crippen LogP contribution < -0.4 is 10.6 Å². The highest BCUT2D eigenvalue weighted by atomic mass is 127. The molecule has 3 rings (SSSR count). The maximum Gasteiger partial charge on any atom is 0.191 e. The van der Waals surface area contributed by atoms with Crippen molar-refractivity contribution in [3.8, 4) is 0 Å². The van der Waals surface area contributed by atoms with Gasteiger partial charge in [0.15, 0.2) is 5.96 Å². The van der Waals surface area contributed by atoms with Crippen LogP contribution in [0.25, 0.3) is 10.2 Å². The van der Waals surface area contributed by atoms with E-state index in [0.29, 0.717) is 18.1 Å². The highest BCUT2D eigenvalue weighted by molar-refractivity contribution is 14.0. The highest BCUT2D eigenvalue weighted by Gasteiger charge is 2.10. The zero-order valence-corrected chi connectivity index (χ0v) is 19.7. The zero-order chi connectivity index (χ0) is 18.7. The van der Waals surface area contributed by atoms with Gasteiger partial charge < -0.3 is 10.6 Å². The predicted molar refractivity (Wildman–Crippen MR) is 124 cm³/mol. The van der Waals surface area contributed by atoms with Crippen LogP contribution in [0.15, 0.2) is 23.2 Å². The molecule has 0 aliphatic heterocycles. The number of nitrogens with one attached hydrogen (secondary N) is 2. The number of hydrogen-bond donors (Lipinski definition) is 2. The molecular formula is C18H24ClIN6S. The standard InChI is InChI=1S/C18H23ClN6S.HI/c1-5-20-18(21-9-14-11(2)24-25(4)12(14)3)22-10-17-23-15-8-13(19)6-7-16(15)26-17;/h6-8H,5,9-10H2,1-4H3,(H2,20,21,22);1H. The van der Waals surface area contributed by atoms with Crippen molar-refractivity contribution < 1.29 is 0 Å². The Morgan fingerprint density at radius 3 is 2.74 bits per heavy atom. The van der Waals surface area contributed by atoms with Crippen molar-refractivity contribution in [2.75, 3.05) is 6.54 Å². The molecule has 2 N–H and O–H groups in total. The molecule has 0 saturated carbocycles. The summed E-state index contributed by atoms with van der Waals surface area (Å²) >= 11 is 7.70. The number of rotatable bonds is 5. The second-order valence-corrected chi connectivity index (χ2v) is 7.59. The van der Waals surface area contributed by atoms with E-state index < -0.39 is 0 Å². The van der Waals surface area contributed by atoms with Crippen molar-refractivity contribution in [2.45, 2.75) is 33.9 Å². The zero-order valence-electron chi connectivity index (χ0n) is 15.8. The molecule has 0 amide bonds. The van der Waals surface area contributed by atoms with E-state index in [-0.39, 0.29) is 24.0 Å². The molecule has 0 fully saturated rings. The van der Waals surface area contributed by atoms with Gasteiger partial charge >= 0.3 is 0 Å². The first-order chi connectivity index (χ1) is 12.5. The Morgan fingerprint density at radius 2 is 2.07 bits per heavy atom. The Labute approximate surface area is 185 Å². The Balaban J connectivity index is 0.00000261. The fourth-order valence-electron chi connectivity index (χ4n) is 2.73. The molecule has 1 aromatic carbocycles. The second kappa shape index (κ2) is 9.70. The largest absolute Gasteiger partial charge is 0.357 e. The van der Waals surface area contributed by atoms with Gasteiger partial charge in [-0.25, -0.2) is 9.98 Å². The number of benzene rings is 1. The summed E-state index contributed by atoms with van der Waals surface area (Å²) in [5.41, 5.74) is 4.26. The molecule has 0 unspecified atom stereocenters. The minimum absolute atomic E-state index is 0. The van der Waals surface area contributed by atoms with Gasteiger partial charge in [0.05, 0.1) is 29.0 Å². The third kappa shape index (κ3) is 5.32. The fourth-order valence-corrected chi connectivity index (χ4v) is 3.78. The molecule has 3 aromatic rings. The highest BCUT2D eigenvalue weighted by Crippen LogP contribution is 2.24. The van der Waals surface area contributed by atoms with Crippen molar-refractivity contribution in [1.29, 1.82) is 0 Å². The summed E-state index contributed by atoms with van der Waals surface area (Å²) in [4.78, 5) is 9.33. The van der Waals surface area contributed by atoms with Gasteiger partial charge in [0.1, 0.15) is 5.01 Å². The van der Waals surface area contributed by atoms with E-state index in [4.69, 9.17) is 16.6 Å². The molecule has 0 atom stereocenters. The van der Waals surface area contributed by atoms with Gasteiger partial charge in [-0.05, 0) is 39.0 Å². The van der Waals surface area contributed by atoms with Crippen LogP contribution in [0.1, 0.15) is 28.9 Å². The summed E-state index contributed by atoms with van der Waals surface area (Å²) in [5, 5.41) is 12.8. The number of nitrogens with zero attached hydrogens (tertiary/aromatic N) is 4. The number of aliphatic imine (C=N–C) groups is 1. The molecule has 0 aliphatic rings. The summed E-state index contributed by atoms with van der Waals surface area (Å²) in [6.07, 6.45) is 0. The average Bonchev–Trinajstić information content (AvgIpc) is 3.11. The van der Waals surface area contributed by atoms with Crippen LogP contribution in [0.5, 0.6) is 0 Å². The first-order valence-corrected chi connectivity index (χ1v) is 9.73. The van der Waals surface area contributed by atoms with Gasteiger partial charge in [0.2, 0.25) is 0 Å². The minimum atomic E-state index is 0. The number of halogens is 2. The lowest BCUT2D eigenvalue weighted by Crippen LogP contribution is -2.36. The molecule has 9 heteroatoms. The minimum Gasteiger partial charge on any atom is -0.357 e. The first-order valence-electron chi connectivity index (χ1n) is 8.54. The van der Waals surface area contributed by atoms with Gasteiger partial charge in [0, 0.05) is 29.9 Å². The van der Waals surface area contributed by atoms with E-state index in [9.17, 15) is 0 Å². The monoisotopic (exact) mass is 518 g/mol. The summed E-state index contributed by atoms with van der Waals surface area (Å²) in [6.45, 7) is 8.15.